The summed E-state index contributed by atoms with van der Waals surface area (Å²) in [6.45, 7) is 0.0266. The van der Waals surface area contributed by atoms with Crippen LogP contribution in [0.25, 0.3) is 0 Å². The van der Waals surface area contributed by atoms with Crippen molar-refractivity contribution in [3.63, 3.8) is 0 Å². The van der Waals surface area contributed by atoms with E-state index in [9.17, 15) is 9.18 Å². The molecule has 0 saturated heterocycles. The van der Waals surface area contributed by atoms with Crippen molar-refractivity contribution in [2.24, 2.45) is 0 Å². The average molecular weight is 427 g/mol. The number of carbonyl (C=O) groups is 1. The fourth-order valence-corrected chi connectivity index (χ4v) is 3.00. The summed E-state index contributed by atoms with van der Waals surface area (Å²) in [7, 11) is 0. The zero-order valence-corrected chi connectivity index (χ0v) is 16.0. The van der Waals surface area contributed by atoms with Crippen LogP contribution in [0.5, 0.6) is 5.75 Å². The molecule has 6 nitrogen and oxygen atoms in total. The van der Waals surface area contributed by atoms with Gasteiger partial charge in [-0.05, 0) is 24.3 Å². The van der Waals surface area contributed by atoms with E-state index in [2.05, 4.69) is 20.5 Å². The van der Waals surface area contributed by atoms with Gasteiger partial charge >= 0.3 is 0 Å². The molecule has 140 valence electrons. The van der Waals surface area contributed by atoms with Crippen LogP contribution in [-0.4, -0.2) is 26.8 Å². The molecule has 10 heteroatoms. The maximum absolute atomic E-state index is 13.5. The number of thioether (sulfide) groups is 1. The number of anilines is 1. The van der Waals surface area contributed by atoms with Crippen LogP contribution in [0.3, 0.4) is 0 Å². The molecular formula is C17H13Cl2FN4O2S. The van der Waals surface area contributed by atoms with Crippen LogP contribution in [-0.2, 0) is 11.4 Å². The Morgan fingerprint density at radius 2 is 2.04 bits per heavy atom. The molecule has 0 radical (unpaired) electrons. The summed E-state index contributed by atoms with van der Waals surface area (Å²) in [5, 5.41) is 10.4. The number of amides is 1. The Bertz CT molecular complexity index is 954. The van der Waals surface area contributed by atoms with Crippen LogP contribution in [0.4, 0.5) is 10.1 Å². The summed E-state index contributed by atoms with van der Waals surface area (Å²) in [5.74, 6) is -0.116. The first kappa shape index (κ1) is 19.5. The SMILES string of the molecule is O=C(CSc1n[nH]c(COc2ccccc2F)n1)Nc1cccc(Cl)c1Cl. The van der Waals surface area contributed by atoms with Gasteiger partial charge in [0.2, 0.25) is 11.1 Å². The number of para-hydroxylation sites is 1. The second kappa shape index (κ2) is 9.07. The normalized spacial score (nSPS) is 10.6. The van der Waals surface area contributed by atoms with Crippen molar-refractivity contribution >= 4 is 46.6 Å². The van der Waals surface area contributed by atoms with E-state index in [1.165, 1.54) is 12.1 Å². The highest BCUT2D eigenvalue weighted by Gasteiger charge is 2.11. The smallest absolute Gasteiger partial charge is 0.234 e. The predicted octanol–water partition coefficient (Wildman–Crippen LogP) is 4.56. The molecule has 0 bridgehead atoms. The molecule has 1 heterocycles. The number of benzene rings is 2. The molecule has 0 unspecified atom stereocenters. The number of ether oxygens (including phenoxy) is 1. The summed E-state index contributed by atoms with van der Waals surface area (Å²) in [6.07, 6.45) is 0. The Morgan fingerprint density at radius 1 is 1.22 bits per heavy atom. The molecule has 1 aromatic heterocycles. The number of H-pyrrole nitrogens is 1. The zero-order chi connectivity index (χ0) is 19.2. The molecular weight excluding hydrogens is 414 g/mol. The van der Waals surface area contributed by atoms with Crippen molar-refractivity contribution in [1.82, 2.24) is 15.2 Å². The van der Waals surface area contributed by atoms with Gasteiger partial charge in [-0.25, -0.2) is 9.37 Å². The molecule has 2 aromatic carbocycles. The van der Waals surface area contributed by atoms with Crippen molar-refractivity contribution in [2.45, 2.75) is 11.8 Å². The van der Waals surface area contributed by atoms with Crippen LogP contribution in [0.2, 0.25) is 10.0 Å². The molecule has 0 aliphatic rings. The molecule has 0 saturated carbocycles. The third kappa shape index (κ3) is 5.35. The number of hydrogen-bond acceptors (Lipinski definition) is 5. The molecule has 3 aromatic rings. The fraction of sp³-hybridized carbons (Fsp3) is 0.118. The number of hydrogen-bond donors (Lipinski definition) is 2. The van der Waals surface area contributed by atoms with E-state index in [-0.39, 0.29) is 29.0 Å². The molecule has 1 amide bonds. The van der Waals surface area contributed by atoms with E-state index < -0.39 is 5.82 Å². The van der Waals surface area contributed by atoms with E-state index in [0.717, 1.165) is 11.8 Å². The van der Waals surface area contributed by atoms with Crippen molar-refractivity contribution in [1.29, 1.82) is 0 Å². The Morgan fingerprint density at radius 3 is 2.85 bits per heavy atom. The van der Waals surface area contributed by atoms with Crippen molar-refractivity contribution in [3.8, 4) is 5.75 Å². The van der Waals surface area contributed by atoms with Crippen LogP contribution in [0.1, 0.15) is 5.82 Å². The standard InChI is InChI=1S/C17H13Cl2FN4O2S/c18-10-4-3-6-12(16(10)19)21-15(25)9-27-17-22-14(23-24-17)8-26-13-7-2-1-5-11(13)20/h1-7H,8-9H2,(H,21,25)(H,22,23,24). The lowest BCUT2D eigenvalue weighted by atomic mass is 10.3. The first-order chi connectivity index (χ1) is 13.0. The van der Waals surface area contributed by atoms with Crippen molar-refractivity contribution in [2.75, 3.05) is 11.1 Å². The van der Waals surface area contributed by atoms with Gasteiger partial charge < -0.3 is 10.1 Å². The van der Waals surface area contributed by atoms with E-state index in [1.807, 2.05) is 0 Å². The summed E-state index contributed by atoms with van der Waals surface area (Å²) >= 11 is 13.1. The van der Waals surface area contributed by atoms with Gasteiger partial charge in [0.15, 0.2) is 17.4 Å². The maximum atomic E-state index is 13.5. The van der Waals surface area contributed by atoms with Gasteiger partial charge in [-0.15, -0.1) is 5.10 Å². The van der Waals surface area contributed by atoms with E-state index in [0.29, 0.717) is 21.7 Å². The highest BCUT2D eigenvalue weighted by atomic mass is 35.5. The molecule has 3 rings (SSSR count). The third-order valence-electron chi connectivity index (χ3n) is 3.27. The highest BCUT2D eigenvalue weighted by molar-refractivity contribution is 7.99. The van der Waals surface area contributed by atoms with Crippen molar-refractivity contribution in [3.05, 3.63) is 64.2 Å². The molecule has 0 aliphatic heterocycles. The quantitative estimate of drug-likeness (QED) is 0.541. The maximum Gasteiger partial charge on any atom is 0.234 e. The summed E-state index contributed by atoms with van der Waals surface area (Å²) < 4.78 is 18.8. The minimum absolute atomic E-state index is 0.0266. The van der Waals surface area contributed by atoms with Gasteiger partial charge in [-0.2, -0.15) is 0 Å². The highest BCUT2D eigenvalue weighted by Crippen LogP contribution is 2.29. The Kier molecular flexibility index (Phi) is 6.54. The monoisotopic (exact) mass is 426 g/mol. The molecule has 27 heavy (non-hydrogen) atoms. The Labute approximate surface area is 168 Å². The Balaban J connectivity index is 1.50. The summed E-state index contributed by atoms with van der Waals surface area (Å²) in [5.41, 5.74) is 0.434. The van der Waals surface area contributed by atoms with Gasteiger partial charge in [0, 0.05) is 0 Å². The predicted molar refractivity (Wildman–Crippen MR) is 103 cm³/mol. The fourth-order valence-electron chi connectivity index (χ4n) is 2.03. The number of aromatic amines is 1. The van der Waals surface area contributed by atoms with Gasteiger partial charge in [0.25, 0.3) is 0 Å². The topological polar surface area (TPSA) is 79.9 Å². The lowest BCUT2D eigenvalue weighted by molar-refractivity contribution is -0.113. The minimum atomic E-state index is -0.456. The van der Waals surface area contributed by atoms with Gasteiger partial charge in [0.05, 0.1) is 21.5 Å². The number of carbonyl (C=O) groups excluding carboxylic acids is 1. The van der Waals surface area contributed by atoms with Crippen LogP contribution in [0.15, 0.2) is 47.6 Å². The van der Waals surface area contributed by atoms with E-state index >= 15 is 0 Å². The number of rotatable bonds is 7. The molecule has 0 atom stereocenters. The van der Waals surface area contributed by atoms with Crippen LogP contribution >= 0.6 is 35.0 Å². The first-order valence-electron chi connectivity index (χ1n) is 7.68. The second-order valence-corrected chi connectivity index (χ2v) is 6.95. The molecule has 0 fully saturated rings. The summed E-state index contributed by atoms with van der Waals surface area (Å²) in [6, 6.07) is 11.1. The minimum Gasteiger partial charge on any atom is -0.483 e. The molecule has 2 N–H and O–H groups in total. The van der Waals surface area contributed by atoms with Crippen molar-refractivity contribution < 1.29 is 13.9 Å². The van der Waals surface area contributed by atoms with E-state index in [1.54, 1.807) is 30.3 Å². The van der Waals surface area contributed by atoms with Gasteiger partial charge in [-0.1, -0.05) is 53.2 Å². The lowest BCUT2D eigenvalue weighted by Crippen LogP contribution is -2.14. The van der Waals surface area contributed by atoms with Crippen LogP contribution in [0, 0.1) is 5.82 Å². The third-order valence-corrected chi connectivity index (χ3v) is 4.94. The molecule has 0 aliphatic carbocycles. The zero-order valence-electron chi connectivity index (χ0n) is 13.7. The largest absolute Gasteiger partial charge is 0.483 e. The van der Waals surface area contributed by atoms with Gasteiger partial charge in [-0.3, -0.25) is 9.89 Å². The van der Waals surface area contributed by atoms with Gasteiger partial charge in [0.1, 0.15) is 6.61 Å². The molecule has 0 spiro atoms. The second-order valence-electron chi connectivity index (χ2n) is 5.22. The average Bonchev–Trinajstić information content (AvgIpc) is 3.11. The lowest BCUT2D eigenvalue weighted by Gasteiger charge is -2.07. The number of nitrogens with zero attached hydrogens (tertiary/aromatic N) is 2. The first-order valence-corrected chi connectivity index (χ1v) is 9.42. The Hall–Kier alpha value is -2.29. The van der Waals surface area contributed by atoms with Crippen LogP contribution < -0.4 is 10.1 Å². The number of nitrogens with one attached hydrogen (secondary N) is 2. The number of halogens is 3. The number of aromatic nitrogens is 3. The summed E-state index contributed by atoms with van der Waals surface area (Å²) in [4.78, 5) is 16.2. The van der Waals surface area contributed by atoms with E-state index in [4.69, 9.17) is 27.9 Å².